The van der Waals surface area contributed by atoms with E-state index in [9.17, 15) is 19.2 Å². The minimum absolute atomic E-state index is 0.0127. The Hall–Kier alpha value is -2.64. The predicted molar refractivity (Wildman–Crippen MR) is 97.0 cm³/mol. The molecule has 4 heterocycles. The monoisotopic (exact) mass is 372 g/mol. The lowest BCUT2D eigenvalue weighted by atomic mass is 9.78. The second kappa shape index (κ2) is 6.83. The van der Waals surface area contributed by atoms with Crippen LogP contribution in [0.5, 0.6) is 0 Å². The zero-order valence-electron chi connectivity index (χ0n) is 15.4. The molecular weight excluding hydrogens is 348 g/mol. The van der Waals surface area contributed by atoms with E-state index in [0.29, 0.717) is 32.6 Å². The quantitative estimate of drug-likeness (QED) is 0.733. The smallest absolute Gasteiger partial charge is 0.251 e. The van der Waals surface area contributed by atoms with Crippen LogP contribution in [0.25, 0.3) is 0 Å². The van der Waals surface area contributed by atoms with E-state index in [1.165, 1.54) is 13.0 Å². The lowest BCUT2D eigenvalue weighted by Crippen LogP contribution is -2.55. The van der Waals surface area contributed by atoms with Crippen molar-refractivity contribution >= 4 is 17.7 Å². The van der Waals surface area contributed by atoms with E-state index in [0.717, 1.165) is 12.1 Å². The van der Waals surface area contributed by atoms with Crippen LogP contribution in [0.15, 0.2) is 23.0 Å². The summed E-state index contributed by atoms with van der Waals surface area (Å²) < 4.78 is 1.61. The number of nitrogens with zero attached hydrogens (tertiary/aromatic N) is 3. The number of piperidine rings is 1. The molecule has 0 aromatic carbocycles. The SMILES string of the molecule is CC(=O)N1C[C@H]2C[C@@H](C1)[C@H](C(=O)N1CCCNC(=O)C1)n1c2cccc1=O. The zero-order valence-corrected chi connectivity index (χ0v) is 15.4. The Morgan fingerprint density at radius 1 is 1.15 bits per heavy atom. The zero-order chi connectivity index (χ0) is 19.1. The average molecular weight is 372 g/mol. The number of nitrogens with one attached hydrogen (secondary N) is 1. The number of likely N-dealkylation sites (tertiary alicyclic amines) is 1. The summed E-state index contributed by atoms with van der Waals surface area (Å²) in [6.45, 7) is 3.62. The number of hydrogen-bond donors (Lipinski definition) is 1. The summed E-state index contributed by atoms with van der Waals surface area (Å²) in [4.78, 5) is 53.3. The fourth-order valence-electron chi connectivity index (χ4n) is 4.69. The standard InChI is InChI=1S/C19H24N4O4/c1-12(24)22-9-13-8-14(10-22)18(23-15(13)4-2-5-17(23)26)19(27)21-7-3-6-20-16(25)11-21/h2,4-5,13-14,18H,3,6-11H2,1H3,(H,20,25)/t13-,14+,18-/m1/s1. The van der Waals surface area contributed by atoms with Crippen LogP contribution >= 0.6 is 0 Å². The molecule has 0 spiro atoms. The van der Waals surface area contributed by atoms with E-state index < -0.39 is 6.04 Å². The molecule has 27 heavy (non-hydrogen) atoms. The number of fused-ring (bicyclic) bond motifs is 4. The molecule has 0 saturated carbocycles. The third-order valence-electron chi connectivity index (χ3n) is 5.92. The first-order chi connectivity index (χ1) is 13.0. The van der Waals surface area contributed by atoms with Gasteiger partial charge in [0, 0.05) is 56.7 Å². The molecule has 0 unspecified atom stereocenters. The lowest BCUT2D eigenvalue weighted by Gasteiger charge is -2.46. The van der Waals surface area contributed by atoms with Gasteiger partial charge in [0.25, 0.3) is 5.56 Å². The van der Waals surface area contributed by atoms with Crippen LogP contribution in [0, 0.1) is 5.92 Å². The molecule has 3 aliphatic heterocycles. The maximum Gasteiger partial charge on any atom is 0.251 e. The van der Waals surface area contributed by atoms with Crippen molar-refractivity contribution in [3.63, 3.8) is 0 Å². The highest BCUT2D eigenvalue weighted by Crippen LogP contribution is 2.41. The fourth-order valence-corrected chi connectivity index (χ4v) is 4.69. The number of pyridine rings is 1. The van der Waals surface area contributed by atoms with Gasteiger partial charge in [0.15, 0.2) is 0 Å². The van der Waals surface area contributed by atoms with Gasteiger partial charge in [-0.3, -0.25) is 23.7 Å². The Balaban J connectivity index is 1.75. The van der Waals surface area contributed by atoms with Gasteiger partial charge in [-0.25, -0.2) is 0 Å². The number of carbonyl (C=O) groups is 3. The molecule has 0 radical (unpaired) electrons. The highest BCUT2D eigenvalue weighted by atomic mass is 16.2. The Kier molecular flexibility index (Phi) is 4.49. The average Bonchev–Trinajstić information content (AvgIpc) is 2.86. The van der Waals surface area contributed by atoms with Crippen LogP contribution < -0.4 is 10.9 Å². The number of aromatic nitrogens is 1. The van der Waals surface area contributed by atoms with E-state index in [2.05, 4.69) is 5.32 Å². The number of hydrogen-bond acceptors (Lipinski definition) is 4. The first kappa shape index (κ1) is 17.8. The normalized spacial score (nSPS) is 27.4. The van der Waals surface area contributed by atoms with Crippen molar-refractivity contribution in [2.45, 2.75) is 31.7 Å². The molecule has 2 fully saturated rings. The summed E-state index contributed by atoms with van der Waals surface area (Å²) in [6, 6.07) is 4.39. The molecule has 3 amide bonds. The number of rotatable bonds is 1. The first-order valence-electron chi connectivity index (χ1n) is 9.48. The van der Waals surface area contributed by atoms with Crippen LogP contribution in [0.4, 0.5) is 0 Å². The Morgan fingerprint density at radius 3 is 2.74 bits per heavy atom. The van der Waals surface area contributed by atoms with Gasteiger partial charge in [-0.05, 0) is 18.9 Å². The van der Waals surface area contributed by atoms with Crippen LogP contribution in [-0.4, -0.2) is 64.8 Å². The van der Waals surface area contributed by atoms with Gasteiger partial charge in [0.2, 0.25) is 17.7 Å². The summed E-state index contributed by atoms with van der Waals surface area (Å²) in [5, 5.41) is 2.77. The Morgan fingerprint density at radius 2 is 1.96 bits per heavy atom. The summed E-state index contributed by atoms with van der Waals surface area (Å²) in [6.07, 6.45) is 1.46. The van der Waals surface area contributed by atoms with E-state index in [1.807, 2.05) is 6.07 Å². The third-order valence-corrected chi connectivity index (χ3v) is 5.92. The molecule has 2 bridgehead atoms. The largest absolute Gasteiger partial charge is 0.354 e. The van der Waals surface area contributed by atoms with Gasteiger partial charge in [-0.2, -0.15) is 0 Å². The maximum absolute atomic E-state index is 13.4. The minimum atomic E-state index is -0.669. The van der Waals surface area contributed by atoms with Gasteiger partial charge < -0.3 is 15.1 Å². The summed E-state index contributed by atoms with van der Waals surface area (Å²) in [7, 11) is 0. The van der Waals surface area contributed by atoms with Crippen molar-refractivity contribution in [3.05, 3.63) is 34.2 Å². The topological polar surface area (TPSA) is 91.7 Å². The minimum Gasteiger partial charge on any atom is -0.354 e. The van der Waals surface area contributed by atoms with Gasteiger partial charge in [-0.15, -0.1) is 0 Å². The molecule has 1 N–H and O–H groups in total. The molecular formula is C19H24N4O4. The molecule has 8 nitrogen and oxygen atoms in total. The van der Waals surface area contributed by atoms with Crippen molar-refractivity contribution in [2.24, 2.45) is 5.92 Å². The van der Waals surface area contributed by atoms with Crippen LogP contribution in [0.1, 0.15) is 37.4 Å². The summed E-state index contributed by atoms with van der Waals surface area (Å²) >= 11 is 0. The Bertz CT molecular complexity index is 848. The molecule has 2 saturated heterocycles. The van der Waals surface area contributed by atoms with Crippen LogP contribution in [0.2, 0.25) is 0 Å². The predicted octanol–water partition coefficient (Wildman–Crippen LogP) is -0.296. The number of carbonyl (C=O) groups excluding carboxylic acids is 3. The molecule has 3 atom stereocenters. The van der Waals surface area contributed by atoms with E-state index >= 15 is 0 Å². The molecule has 1 aromatic rings. The van der Waals surface area contributed by atoms with E-state index in [4.69, 9.17) is 0 Å². The molecule has 0 aliphatic carbocycles. The van der Waals surface area contributed by atoms with Crippen LogP contribution in [0.3, 0.4) is 0 Å². The second-order valence-corrected chi connectivity index (χ2v) is 7.68. The van der Waals surface area contributed by atoms with Crippen molar-refractivity contribution in [1.82, 2.24) is 19.7 Å². The number of amides is 3. The highest BCUT2D eigenvalue weighted by molar-refractivity contribution is 5.87. The van der Waals surface area contributed by atoms with E-state index in [1.54, 1.807) is 20.4 Å². The van der Waals surface area contributed by atoms with Crippen molar-refractivity contribution in [2.75, 3.05) is 32.7 Å². The molecule has 8 heteroatoms. The second-order valence-electron chi connectivity index (χ2n) is 7.68. The van der Waals surface area contributed by atoms with Gasteiger partial charge in [-0.1, -0.05) is 6.07 Å². The first-order valence-corrected chi connectivity index (χ1v) is 9.48. The summed E-state index contributed by atoms with van der Waals surface area (Å²) in [5.41, 5.74) is 0.610. The van der Waals surface area contributed by atoms with Crippen LogP contribution in [-0.2, 0) is 14.4 Å². The molecule has 3 aliphatic rings. The van der Waals surface area contributed by atoms with Crippen molar-refractivity contribution in [3.8, 4) is 0 Å². The molecule has 4 rings (SSSR count). The molecule has 144 valence electrons. The lowest BCUT2D eigenvalue weighted by molar-refractivity contribution is -0.143. The van der Waals surface area contributed by atoms with Crippen molar-refractivity contribution < 1.29 is 14.4 Å². The maximum atomic E-state index is 13.4. The fraction of sp³-hybridized carbons (Fsp3) is 0.579. The molecule has 1 aromatic heterocycles. The van der Waals surface area contributed by atoms with Crippen molar-refractivity contribution in [1.29, 1.82) is 0 Å². The summed E-state index contributed by atoms with van der Waals surface area (Å²) in [5.74, 6) is -0.464. The van der Waals surface area contributed by atoms with Gasteiger partial charge >= 0.3 is 0 Å². The third kappa shape index (κ3) is 3.13. The highest BCUT2D eigenvalue weighted by Gasteiger charge is 2.45. The Labute approximate surface area is 157 Å². The van der Waals surface area contributed by atoms with E-state index in [-0.39, 0.29) is 41.7 Å². The van der Waals surface area contributed by atoms with Gasteiger partial charge in [0.05, 0.1) is 6.54 Å². The van der Waals surface area contributed by atoms with Gasteiger partial charge in [0.1, 0.15) is 6.04 Å².